The van der Waals surface area contributed by atoms with Crippen LogP contribution in [0.4, 0.5) is 0 Å². The number of halogens is 1. The zero-order valence-corrected chi connectivity index (χ0v) is 13.1. The molecule has 0 aliphatic carbocycles. The summed E-state index contributed by atoms with van der Waals surface area (Å²) >= 11 is 6.16. The van der Waals surface area contributed by atoms with E-state index >= 15 is 0 Å². The summed E-state index contributed by atoms with van der Waals surface area (Å²) in [5, 5.41) is 12.2. The topological polar surface area (TPSA) is 49.8 Å². The first-order valence-electron chi connectivity index (χ1n) is 7.26. The number of carbonyl (C=O) groups is 1. The van der Waals surface area contributed by atoms with E-state index in [4.69, 9.17) is 16.3 Å². The molecule has 0 radical (unpaired) electrons. The van der Waals surface area contributed by atoms with Gasteiger partial charge in [0.25, 0.3) is 5.91 Å². The SMILES string of the molecule is COC[C@@H]1C[C@@H](O)CN1C(=O)c1cc(Cl)cc2ccccc12. The second-order valence-electron chi connectivity index (χ2n) is 5.63. The lowest BCUT2D eigenvalue weighted by Gasteiger charge is -2.24. The molecule has 2 aromatic carbocycles. The minimum absolute atomic E-state index is 0.106. The van der Waals surface area contributed by atoms with Gasteiger partial charge in [0, 0.05) is 24.2 Å². The maximum Gasteiger partial charge on any atom is 0.254 e. The molecule has 0 bridgehead atoms. The average Bonchev–Trinajstić information content (AvgIpc) is 2.86. The summed E-state index contributed by atoms with van der Waals surface area (Å²) in [6.07, 6.45) is 0.0347. The molecule has 2 aromatic rings. The second-order valence-corrected chi connectivity index (χ2v) is 6.07. The highest BCUT2D eigenvalue weighted by atomic mass is 35.5. The van der Waals surface area contributed by atoms with Crippen LogP contribution in [-0.4, -0.2) is 48.3 Å². The number of carbonyl (C=O) groups excluding carboxylic acids is 1. The summed E-state index contributed by atoms with van der Waals surface area (Å²) in [5.74, 6) is -0.114. The summed E-state index contributed by atoms with van der Waals surface area (Å²) in [4.78, 5) is 14.6. The van der Waals surface area contributed by atoms with Crippen LogP contribution in [0.3, 0.4) is 0 Å². The van der Waals surface area contributed by atoms with Gasteiger partial charge in [0.15, 0.2) is 0 Å². The van der Waals surface area contributed by atoms with Crippen LogP contribution >= 0.6 is 11.6 Å². The molecule has 1 fully saturated rings. The van der Waals surface area contributed by atoms with Gasteiger partial charge in [-0.1, -0.05) is 35.9 Å². The first-order chi connectivity index (χ1) is 10.6. The van der Waals surface area contributed by atoms with Gasteiger partial charge >= 0.3 is 0 Å². The quantitative estimate of drug-likeness (QED) is 0.946. The third-order valence-corrected chi connectivity index (χ3v) is 4.29. The van der Waals surface area contributed by atoms with Crippen molar-refractivity contribution in [2.45, 2.75) is 18.6 Å². The van der Waals surface area contributed by atoms with E-state index in [0.29, 0.717) is 30.2 Å². The third-order valence-electron chi connectivity index (χ3n) is 4.07. The van der Waals surface area contributed by atoms with Crippen LogP contribution in [0.1, 0.15) is 16.8 Å². The van der Waals surface area contributed by atoms with Gasteiger partial charge in [0.2, 0.25) is 0 Å². The summed E-state index contributed by atoms with van der Waals surface area (Å²) < 4.78 is 5.17. The van der Waals surface area contributed by atoms with Crippen molar-refractivity contribution >= 4 is 28.3 Å². The van der Waals surface area contributed by atoms with E-state index in [9.17, 15) is 9.90 Å². The molecule has 2 atom stereocenters. The Morgan fingerprint density at radius 1 is 1.41 bits per heavy atom. The van der Waals surface area contributed by atoms with Crippen molar-refractivity contribution in [1.29, 1.82) is 0 Å². The number of fused-ring (bicyclic) bond motifs is 1. The highest BCUT2D eigenvalue weighted by Gasteiger charge is 2.35. The fraction of sp³-hybridized carbons (Fsp3) is 0.353. The van der Waals surface area contributed by atoms with Gasteiger partial charge in [-0.15, -0.1) is 0 Å². The number of methoxy groups -OCH3 is 1. The number of benzene rings is 2. The number of likely N-dealkylation sites (tertiary alicyclic amines) is 1. The minimum Gasteiger partial charge on any atom is -0.391 e. The minimum atomic E-state index is -0.505. The van der Waals surface area contributed by atoms with Crippen molar-refractivity contribution in [3.63, 3.8) is 0 Å². The van der Waals surface area contributed by atoms with Gasteiger partial charge in [-0.2, -0.15) is 0 Å². The normalized spacial score (nSPS) is 21.5. The van der Waals surface area contributed by atoms with Gasteiger partial charge in [0.1, 0.15) is 0 Å². The van der Waals surface area contributed by atoms with Crippen LogP contribution in [0.5, 0.6) is 0 Å². The van der Waals surface area contributed by atoms with Crippen LogP contribution < -0.4 is 0 Å². The number of nitrogens with zero attached hydrogens (tertiary/aromatic N) is 1. The number of aliphatic hydroxyl groups excluding tert-OH is 1. The average molecular weight is 320 g/mol. The standard InChI is InChI=1S/C17H18ClNO3/c1-22-10-13-8-14(20)9-19(13)17(21)16-7-12(18)6-11-4-2-3-5-15(11)16/h2-7,13-14,20H,8-10H2,1H3/t13-,14+/m0/s1. The number of β-amino-alcohol motifs (C(OH)–C–C–N with tert-alkyl or cyclic N) is 1. The lowest BCUT2D eigenvalue weighted by atomic mass is 10.0. The fourth-order valence-corrected chi connectivity index (χ4v) is 3.32. The number of amides is 1. The zero-order chi connectivity index (χ0) is 15.7. The van der Waals surface area contributed by atoms with Crippen LogP contribution in [0.25, 0.3) is 10.8 Å². The van der Waals surface area contributed by atoms with Gasteiger partial charge in [0.05, 0.1) is 18.8 Å². The maximum atomic E-state index is 12.9. The van der Waals surface area contributed by atoms with Crippen LogP contribution in [0.15, 0.2) is 36.4 Å². The highest BCUT2D eigenvalue weighted by Crippen LogP contribution is 2.28. The van der Waals surface area contributed by atoms with Crippen LogP contribution in [0, 0.1) is 0 Å². The highest BCUT2D eigenvalue weighted by molar-refractivity contribution is 6.32. The Hall–Kier alpha value is -1.62. The van der Waals surface area contributed by atoms with Crippen molar-refractivity contribution in [3.8, 4) is 0 Å². The molecule has 1 heterocycles. The molecule has 0 spiro atoms. The van der Waals surface area contributed by atoms with Crippen molar-refractivity contribution in [2.24, 2.45) is 0 Å². The van der Waals surface area contributed by atoms with Crippen molar-refractivity contribution in [2.75, 3.05) is 20.3 Å². The first kappa shape index (κ1) is 15.3. The van der Waals surface area contributed by atoms with Crippen molar-refractivity contribution < 1.29 is 14.6 Å². The molecule has 22 heavy (non-hydrogen) atoms. The Bertz CT molecular complexity index is 703. The number of hydrogen-bond donors (Lipinski definition) is 1. The Kier molecular flexibility index (Phi) is 4.34. The number of ether oxygens (including phenoxy) is 1. The molecular weight excluding hydrogens is 302 g/mol. The predicted octanol–water partition coefficient (Wildman–Crippen LogP) is 2.72. The molecule has 4 nitrogen and oxygen atoms in total. The van der Waals surface area contributed by atoms with E-state index in [1.807, 2.05) is 30.3 Å². The van der Waals surface area contributed by atoms with E-state index in [1.54, 1.807) is 18.1 Å². The molecule has 0 aromatic heterocycles. The molecule has 5 heteroatoms. The third kappa shape index (κ3) is 2.82. The number of aliphatic hydroxyl groups is 1. The fourth-order valence-electron chi connectivity index (χ4n) is 3.10. The number of rotatable bonds is 3. The molecule has 0 saturated carbocycles. The molecule has 1 aliphatic heterocycles. The summed E-state index contributed by atoms with van der Waals surface area (Å²) in [7, 11) is 1.60. The van der Waals surface area contributed by atoms with E-state index in [2.05, 4.69) is 0 Å². The molecule has 1 saturated heterocycles. The van der Waals surface area contributed by atoms with Crippen LogP contribution in [0.2, 0.25) is 5.02 Å². The largest absolute Gasteiger partial charge is 0.391 e. The lowest BCUT2D eigenvalue weighted by Crippen LogP contribution is -2.38. The Morgan fingerprint density at radius 2 is 2.18 bits per heavy atom. The summed E-state index contributed by atoms with van der Waals surface area (Å²) in [5.41, 5.74) is 0.568. The van der Waals surface area contributed by atoms with E-state index in [0.717, 1.165) is 10.8 Å². The van der Waals surface area contributed by atoms with E-state index in [-0.39, 0.29) is 11.9 Å². The molecule has 1 aliphatic rings. The second kappa shape index (κ2) is 6.24. The molecule has 3 rings (SSSR count). The van der Waals surface area contributed by atoms with E-state index < -0.39 is 6.10 Å². The summed E-state index contributed by atoms with van der Waals surface area (Å²) in [6.45, 7) is 0.745. The molecular formula is C17H18ClNO3. The molecule has 1 N–H and O–H groups in total. The lowest BCUT2D eigenvalue weighted by molar-refractivity contribution is 0.0624. The molecule has 116 valence electrons. The van der Waals surface area contributed by atoms with E-state index in [1.165, 1.54) is 0 Å². The Balaban J connectivity index is 2.01. The maximum absolute atomic E-state index is 12.9. The van der Waals surface area contributed by atoms with Gasteiger partial charge < -0.3 is 14.7 Å². The van der Waals surface area contributed by atoms with Crippen LogP contribution in [-0.2, 0) is 4.74 Å². The summed E-state index contributed by atoms with van der Waals surface area (Å²) in [6, 6.07) is 11.1. The first-order valence-corrected chi connectivity index (χ1v) is 7.64. The molecule has 1 amide bonds. The predicted molar refractivity (Wildman–Crippen MR) is 86.3 cm³/mol. The Labute approximate surface area is 134 Å². The van der Waals surface area contributed by atoms with Crippen molar-refractivity contribution in [1.82, 2.24) is 4.90 Å². The monoisotopic (exact) mass is 319 g/mol. The van der Waals surface area contributed by atoms with Gasteiger partial charge in [-0.05, 0) is 29.3 Å². The molecule has 0 unspecified atom stereocenters. The van der Waals surface area contributed by atoms with Gasteiger partial charge in [-0.3, -0.25) is 4.79 Å². The number of hydrogen-bond acceptors (Lipinski definition) is 3. The zero-order valence-electron chi connectivity index (χ0n) is 12.3. The smallest absolute Gasteiger partial charge is 0.254 e. The Morgan fingerprint density at radius 3 is 2.95 bits per heavy atom. The van der Waals surface area contributed by atoms with Crippen molar-refractivity contribution in [3.05, 3.63) is 47.0 Å². The van der Waals surface area contributed by atoms with Gasteiger partial charge in [-0.25, -0.2) is 0 Å².